The molecule has 1 aliphatic rings. The lowest BCUT2D eigenvalue weighted by Gasteiger charge is -2.35. The van der Waals surface area contributed by atoms with Gasteiger partial charge in [0.25, 0.3) is 5.91 Å². The van der Waals surface area contributed by atoms with Crippen molar-refractivity contribution in [1.82, 2.24) is 4.90 Å². The van der Waals surface area contributed by atoms with E-state index in [4.69, 9.17) is 10.00 Å². The highest BCUT2D eigenvalue weighted by atomic mass is 19.1. The van der Waals surface area contributed by atoms with Crippen molar-refractivity contribution in [3.05, 3.63) is 64.7 Å². The monoisotopic (exact) mass is 356 g/mol. The third-order valence-electron chi connectivity index (χ3n) is 4.40. The molecule has 26 heavy (non-hydrogen) atoms. The van der Waals surface area contributed by atoms with E-state index in [1.165, 1.54) is 6.07 Å². The lowest BCUT2D eigenvalue weighted by atomic mass is 9.97. The summed E-state index contributed by atoms with van der Waals surface area (Å²) >= 11 is 0. The number of nitriles is 1. The van der Waals surface area contributed by atoms with Crippen molar-refractivity contribution in [2.24, 2.45) is 0 Å². The first-order valence-corrected chi connectivity index (χ1v) is 8.25. The largest absolute Gasteiger partial charge is 0.478 e. The zero-order chi connectivity index (χ0) is 18.9. The van der Waals surface area contributed by atoms with E-state index in [0.29, 0.717) is 35.4 Å². The Balaban J connectivity index is 1.76. The van der Waals surface area contributed by atoms with Gasteiger partial charge in [0.1, 0.15) is 17.4 Å². The normalized spacial score (nSPS) is 13.7. The van der Waals surface area contributed by atoms with Gasteiger partial charge in [-0.05, 0) is 61.7 Å². The van der Waals surface area contributed by atoms with E-state index in [-0.39, 0.29) is 12.5 Å². The van der Waals surface area contributed by atoms with Gasteiger partial charge in [-0.2, -0.15) is 5.26 Å². The van der Waals surface area contributed by atoms with Gasteiger partial charge in [-0.3, -0.25) is 4.79 Å². The first kappa shape index (κ1) is 17.9. The van der Waals surface area contributed by atoms with Gasteiger partial charge in [0.15, 0.2) is 5.60 Å². The molecule has 0 aliphatic carbocycles. The van der Waals surface area contributed by atoms with Crippen LogP contribution < -0.4 is 4.74 Å². The molecular formula is C20H18F2N2O2. The van der Waals surface area contributed by atoms with Crippen LogP contribution in [0, 0.1) is 23.0 Å². The number of nitrogens with zero attached hydrogens (tertiary/aromatic N) is 2. The van der Waals surface area contributed by atoms with E-state index in [1.54, 1.807) is 43.0 Å². The summed E-state index contributed by atoms with van der Waals surface area (Å²) in [4.78, 5) is 14.4. The molecule has 0 bridgehead atoms. The molecule has 1 heterocycles. The maximum absolute atomic E-state index is 13.9. The summed E-state index contributed by atoms with van der Waals surface area (Å²) in [5.74, 6) is -1.02. The summed E-state index contributed by atoms with van der Waals surface area (Å²) in [6, 6.07) is 10.6. The highest BCUT2D eigenvalue weighted by molar-refractivity contribution is 5.85. The Morgan fingerprint density at radius 3 is 2.58 bits per heavy atom. The Hall–Kier alpha value is -2.94. The molecule has 0 saturated carbocycles. The van der Waals surface area contributed by atoms with Crippen molar-refractivity contribution in [1.29, 1.82) is 5.26 Å². The number of fused-ring (bicyclic) bond motifs is 1. The third-order valence-corrected chi connectivity index (χ3v) is 4.40. The van der Waals surface area contributed by atoms with Crippen LogP contribution in [-0.4, -0.2) is 23.0 Å². The average Bonchev–Trinajstić information content (AvgIpc) is 2.60. The lowest BCUT2D eigenvalue weighted by Crippen LogP contribution is -2.50. The van der Waals surface area contributed by atoms with Crippen molar-refractivity contribution >= 4 is 5.91 Å². The van der Waals surface area contributed by atoms with Crippen molar-refractivity contribution in [3.63, 3.8) is 0 Å². The van der Waals surface area contributed by atoms with Crippen LogP contribution in [0.3, 0.4) is 0 Å². The minimum absolute atomic E-state index is 0.142. The van der Waals surface area contributed by atoms with E-state index in [2.05, 4.69) is 0 Å². The fourth-order valence-corrected chi connectivity index (χ4v) is 3.10. The van der Waals surface area contributed by atoms with Gasteiger partial charge in [0.2, 0.25) is 0 Å². The molecule has 2 aromatic rings. The minimum Gasteiger partial charge on any atom is -0.478 e. The molecule has 0 saturated heterocycles. The van der Waals surface area contributed by atoms with Crippen molar-refractivity contribution in [3.8, 4) is 11.8 Å². The maximum atomic E-state index is 13.9. The lowest BCUT2D eigenvalue weighted by molar-refractivity contribution is -0.146. The summed E-state index contributed by atoms with van der Waals surface area (Å²) < 4.78 is 33.1. The number of amides is 1. The first-order valence-electron chi connectivity index (χ1n) is 8.25. The smallest absolute Gasteiger partial charge is 0.266 e. The highest BCUT2D eigenvalue weighted by Gasteiger charge is 2.36. The summed E-state index contributed by atoms with van der Waals surface area (Å²) in [5, 5.41) is 8.83. The van der Waals surface area contributed by atoms with Crippen LogP contribution in [0.15, 0.2) is 36.4 Å². The maximum Gasteiger partial charge on any atom is 0.266 e. The SMILES string of the molecule is CC(C)(Oc1ccc(C#N)cc1)C(=O)N1CCc2c(F)cc(F)cc2C1. The van der Waals surface area contributed by atoms with Crippen molar-refractivity contribution in [2.75, 3.05) is 6.54 Å². The van der Waals surface area contributed by atoms with Gasteiger partial charge in [-0.15, -0.1) is 0 Å². The summed E-state index contributed by atoms with van der Waals surface area (Å²) in [7, 11) is 0. The molecule has 134 valence electrons. The second kappa shape index (κ2) is 6.75. The molecule has 0 radical (unpaired) electrons. The molecule has 0 spiro atoms. The molecular weight excluding hydrogens is 338 g/mol. The molecule has 0 fully saturated rings. The van der Waals surface area contributed by atoms with Crippen molar-refractivity contribution in [2.45, 2.75) is 32.4 Å². The number of hydrogen-bond acceptors (Lipinski definition) is 3. The molecule has 1 amide bonds. The average molecular weight is 356 g/mol. The number of hydrogen-bond donors (Lipinski definition) is 0. The molecule has 0 N–H and O–H groups in total. The van der Waals surface area contributed by atoms with Crippen LogP contribution in [0.4, 0.5) is 8.78 Å². The fourth-order valence-electron chi connectivity index (χ4n) is 3.10. The Labute approximate surface area is 150 Å². The molecule has 0 aromatic heterocycles. The number of carbonyl (C=O) groups excluding carboxylic acids is 1. The number of benzene rings is 2. The Morgan fingerprint density at radius 1 is 1.23 bits per heavy atom. The van der Waals surface area contributed by atoms with Gasteiger partial charge in [0.05, 0.1) is 11.6 Å². The first-order chi connectivity index (χ1) is 12.3. The topological polar surface area (TPSA) is 53.3 Å². The number of carbonyl (C=O) groups is 1. The molecule has 4 nitrogen and oxygen atoms in total. The zero-order valence-electron chi connectivity index (χ0n) is 14.6. The number of ether oxygens (including phenoxy) is 1. The molecule has 6 heteroatoms. The van der Waals surface area contributed by atoms with Gasteiger partial charge in [-0.25, -0.2) is 8.78 Å². The number of halogens is 2. The highest BCUT2D eigenvalue weighted by Crippen LogP contribution is 2.27. The summed E-state index contributed by atoms with van der Waals surface area (Å²) in [5.41, 5.74) is 0.285. The van der Waals surface area contributed by atoms with Crippen LogP contribution in [0.5, 0.6) is 5.75 Å². The molecule has 3 rings (SSSR count). The molecule has 2 aromatic carbocycles. The third kappa shape index (κ3) is 3.52. The van der Waals surface area contributed by atoms with E-state index in [0.717, 1.165) is 6.07 Å². The minimum atomic E-state index is -1.16. The van der Waals surface area contributed by atoms with Crippen LogP contribution in [0.25, 0.3) is 0 Å². The second-order valence-electron chi connectivity index (χ2n) is 6.75. The summed E-state index contributed by atoms with van der Waals surface area (Å²) in [6.07, 6.45) is 0.333. The van der Waals surface area contributed by atoms with Crippen LogP contribution in [-0.2, 0) is 17.8 Å². The van der Waals surface area contributed by atoms with Gasteiger partial charge < -0.3 is 9.64 Å². The van der Waals surface area contributed by atoms with Crippen molar-refractivity contribution < 1.29 is 18.3 Å². The Kier molecular flexibility index (Phi) is 4.64. The zero-order valence-corrected chi connectivity index (χ0v) is 14.6. The molecule has 0 atom stereocenters. The molecule has 1 aliphatic heterocycles. The standard InChI is InChI=1S/C20H18F2N2O2/c1-20(2,26-16-5-3-13(11-23)4-6-16)19(25)24-8-7-17-14(12-24)9-15(21)10-18(17)22/h3-6,9-10H,7-8,12H2,1-2H3. The Bertz CT molecular complexity index is 886. The van der Waals surface area contributed by atoms with Gasteiger partial charge in [0, 0.05) is 19.2 Å². The fraction of sp³-hybridized carbons (Fsp3) is 0.300. The predicted molar refractivity (Wildman–Crippen MR) is 91.3 cm³/mol. The second-order valence-corrected chi connectivity index (χ2v) is 6.75. The van der Waals surface area contributed by atoms with E-state index >= 15 is 0 Å². The number of rotatable bonds is 3. The quantitative estimate of drug-likeness (QED) is 0.845. The van der Waals surface area contributed by atoms with E-state index in [1.807, 2.05) is 6.07 Å². The molecule has 0 unspecified atom stereocenters. The summed E-state index contributed by atoms with van der Waals surface area (Å²) in [6.45, 7) is 3.78. The van der Waals surface area contributed by atoms with Gasteiger partial charge >= 0.3 is 0 Å². The van der Waals surface area contributed by atoms with Gasteiger partial charge in [-0.1, -0.05) is 0 Å². The van der Waals surface area contributed by atoms with E-state index in [9.17, 15) is 13.6 Å². The van der Waals surface area contributed by atoms with Crippen LogP contribution >= 0.6 is 0 Å². The predicted octanol–water partition coefficient (Wildman–Crippen LogP) is 3.58. The van der Waals surface area contributed by atoms with E-state index < -0.39 is 17.2 Å². The van der Waals surface area contributed by atoms with Crippen LogP contribution in [0.2, 0.25) is 0 Å². The Morgan fingerprint density at radius 2 is 1.92 bits per heavy atom. The van der Waals surface area contributed by atoms with Crippen LogP contribution in [0.1, 0.15) is 30.5 Å².